The third-order valence-corrected chi connectivity index (χ3v) is 3.70. The summed E-state index contributed by atoms with van der Waals surface area (Å²) in [5, 5.41) is 8.48. The highest BCUT2D eigenvalue weighted by atomic mass is 16.6. The van der Waals surface area contributed by atoms with E-state index in [4.69, 9.17) is 4.74 Å². The molecule has 0 bridgehead atoms. The number of alkyl carbamates (subject to hydrolysis) is 1. The van der Waals surface area contributed by atoms with Crippen LogP contribution >= 0.6 is 0 Å². The number of anilines is 1. The van der Waals surface area contributed by atoms with Gasteiger partial charge in [-0.2, -0.15) is 0 Å². The minimum atomic E-state index is -0.535. The van der Waals surface area contributed by atoms with Crippen LogP contribution in [0.1, 0.15) is 40.0 Å². The van der Waals surface area contributed by atoms with Crippen LogP contribution in [0.4, 0.5) is 15.3 Å². The van der Waals surface area contributed by atoms with Crippen molar-refractivity contribution in [1.82, 2.24) is 10.6 Å². The number of hydrogen-bond donors (Lipinski definition) is 3. The molecule has 0 aromatic heterocycles. The summed E-state index contributed by atoms with van der Waals surface area (Å²) >= 11 is 0. The van der Waals surface area contributed by atoms with Crippen LogP contribution in [0.15, 0.2) is 30.3 Å². The van der Waals surface area contributed by atoms with Crippen LogP contribution in [0.25, 0.3) is 0 Å². The number of carbonyl (C=O) groups is 2. The molecule has 0 heterocycles. The Morgan fingerprint density at radius 1 is 1.17 bits per heavy atom. The zero-order valence-electron chi connectivity index (χ0n) is 13.9. The van der Waals surface area contributed by atoms with Gasteiger partial charge in [0.05, 0.1) is 5.54 Å². The molecule has 0 spiro atoms. The third-order valence-electron chi connectivity index (χ3n) is 3.70. The van der Waals surface area contributed by atoms with Crippen molar-refractivity contribution in [1.29, 1.82) is 0 Å². The molecule has 3 N–H and O–H groups in total. The summed E-state index contributed by atoms with van der Waals surface area (Å²) in [5.41, 5.74) is -0.212. The van der Waals surface area contributed by atoms with Gasteiger partial charge in [0.2, 0.25) is 0 Å². The van der Waals surface area contributed by atoms with Crippen LogP contribution in [0.3, 0.4) is 0 Å². The molecule has 0 atom stereocenters. The molecular formula is C17H25N3O3. The SMILES string of the molecule is CC(C)(C)OC(=O)NC1(CNC(=O)Nc2ccccc2)CCC1. The normalized spacial score (nSPS) is 16.0. The second-order valence-corrected chi connectivity index (χ2v) is 6.93. The first-order chi connectivity index (χ1) is 10.8. The highest BCUT2D eigenvalue weighted by Crippen LogP contribution is 2.31. The largest absolute Gasteiger partial charge is 0.444 e. The molecule has 6 heteroatoms. The van der Waals surface area contributed by atoms with Crippen LogP contribution in [-0.2, 0) is 4.74 Å². The van der Waals surface area contributed by atoms with Crippen molar-refractivity contribution in [2.75, 3.05) is 11.9 Å². The Hall–Kier alpha value is -2.24. The number of para-hydroxylation sites is 1. The van der Waals surface area contributed by atoms with Crippen molar-refractivity contribution in [2.24, 2.45) is 0 Å². The fraction of sp³-hybridized carbons (Fsp3) is 0.529. The number of hydrogen-bond acceptors (Lipinski definition) is 3. The van der Waals surface area contributed by atoms with Gasteiger partial charge >= 0.3 is 12.1 Å². The number of amides is 3. The second kappa shape index (κ2) is 6.89. The van der Waals surface area contributed by atoms with Gasteiger partial charge in [0.15, 0.2) is 0 Å². The van der Waals surface area contributed by atoms with Gasteiger partial charge < -0.3 is 20.7 Å². The number of nitrogens with one attached hydrogen (secondary N) is 3. The lowest BCUT2D eigenvalue weighted by Crippen LogP contribution is -2.60. The van der Waals surface area contributed by atoms with Gasteiger partial charge in [0.1, 0.15) is 5.60 Å². The minimum Gasteiger partial charge on any atom is -0.444 e. The lowest BCUT2D eigenvalue weighted by molar-refractivity contribution is 0.0385. The predicted octanol–water partition coefficient (Wildman–Crippen LogP) is 3.26. The van der Waals surface area contributed by atoms with Gasteiger partial charge in [0.25, 0.3) is 0 Å². The Labute approximate surface area is 137 Å². The molecule has 2 rings (SSSR count). The molecule has 126 valence electrons. The summed E-state index contributed by atoms with van der Waals surface area (Å²) in [5.74, 6) is 0. The van der Waals surface area contributed by atoms with Crippen LogP contribution < -0.4 is 16.0 Å². The Morgan fingerprint density at radius 2 is 1.83 bits per heavy atom. The molecule has 0 unspecified atom stereocenters. The summed E-state index contributed by atoms with van der Waals surface area (Å²) in [7, 11) is 0. The molecule has 0 aliphatic heterocycles. The quantitative estimate of drug-likeness (QED) is 0.797. The van der Waals surface area contributed by atoms with Crippen molar-refractivity contribution in [2.45, 2.75) is 51.2 Å². The first kappa shape index (κ1) is 17.1. The van der Waals surface area contributed by atoms with E-state index < -0.39 is 17.2 Å². The van der Waals surface area contributed by atoms with Crippen LogP contribution in [0.2, 0.25) is 0 Å². The summed E-state index contributed by atoms with van der Waals surface area (Å²) in [6, 6.07) is 8.95. The van der Waals surface area contributed by atoms with Crippen LogP contribution in [0, 0.1) is 0 Å². The minimum absolute atomic E-state index is 0.284. The second-order valence-electron chi connectivity index (χ2n) is 6.93. The van der Waals surface area contributed by atoms with E-state index in [0.717, 1.165) is 24.9 Å². The first-order valence-corrected chi connectivity index (χ1v) is 7.89. The molecule has 0 saturated heterocycles. The fourth-order valence-electron chi connectivity index (χ4n) is 2.42. The zero-order chi connectivity index (χ0) is 16.9. The standard InChI is InChI=1S/C17H25N3O3/c1-16(2,3)23-15(22)20-17(10-7-11-17)12-18-14(21)19-13-8-5-4-6-9-13/h4-6,8-9H,7,10-12H2,1-3H3,(H,20,22)(H2,18,19,21). The van der Waals surface area contributed by atoms with Gasteiger partial charge in [-0.1, -0.05) is 18.2 Å². The Bertz CT molecular complexity index is 548. The molecule has 1 aliphatic rings. The fourth-order valence-corrected chi connectivity index (χ4v) is 2.42. The maximum Gasteiger partial charge on any atom is 0.408 e. The Balaban J connectivity index is 1.82. The number of ether oxygens (including phenoxy) is 1. The topological polar surface area (TPSA) is 79.5 Å². The van der Waals surface area contributed by atoms with E-state index in [2.05, 4.69) is 16.0 Å². The Kier molecular flexibility index (Phi) is 5.13. The molecule has 0 radical (unpaired) electrons. The summed E-state index contributed by atoms with van der Waals surface area (Å²) in [6.07, 6.45) is 2.25. The molecule has 1 aromatic carbocycles. The van der Waals surface area contributed by atoms with E-state index in [1.54, 1.807) is 0 Å². The molecule has 1 aliphatic carbocycles. The van der Waals surface area contributed by atoms with Crippen LogP contribution in [0.5, 0.6) is 0 Å². The van der Waals surface area contributed by atoms with Crippen molar-refractivity contribution >= 4 is 17.8 Å². The monoisotopic (exact) mass is 319 g/mol. The predicted molar refractivity (Wildman–Crippen MR) is 89.4 cm³/mol. The maximum atomic E-state index is 11.9. The Morgan fingerprint density at radius 3 is 2.35 bits per heavy atom. The van der Waals surface area contributed by atoms with E-state index >= 15 is 0 Å². The van der Waals surface area contributed by atoms with E-state index in [0.29, 0.717) is 6.54 Å². The zero-order valence-corrected chi connectivity index (χ0v) is 13.9. The van der Waals surface area contributed by atoms with Gasteiger partial charge in [0, 0.05) is 12.2 Å². The smallest absolute Gasteiger partial charge is 0.408 e. The molecule has 6 nitrogen and oxygen atoms in total. The van der Waals surface area contributed by atoms with E-state index in [9.17, 15) is 9.59 Å². The van der Waals surface area contributed by atoms with Crippen molar-refractivity contribution in [3.05, 3.63) is 30.3 Å². The van der Waals surface area contributed by atoms with E-state index in [1.807, 2.05) is 51.1 Å². The summed E-state index contributed by atoms with van der Waals surface area (Å²) < 4.78 is 5.29. The highest BCUT2D eigenvalue weighted by molar-refractivity contribution is 5.89. The molecule has 1 aromatic rings. The molecular weight excluding hydrogens is 294 g/mol. The average molecular weight is 319 g/mol. The van der Waals surface area contributed by atoms with E-state index in [-0.39, 0.29) is 6.03 Å². The first-order valence-electron chi connectivity index (χ1n) is 7.89. The number of benzene rings is 1. The van der Waals surface area contributed by atoms with Crippen LogP contribution in [-0.4, -0.2) is 29.8 Å². The number of carbonyl (C=O) groups excluding carboxylic acids is 2. The lowest BCUT2D eigenvalue weighted by atomic mass is 9.77. The average Bonchev–Trinajstić information content (AvgIpc) is 2.40. The van der Waals surface area contributed by atoms with Gasteiger partial charge in [-0.25, -0.2) is 9.59 Å². The summed E-state index contributed by atoms with van der Waals surface area (Å²) in [6.45, 7) is 5.85. The summed E-state index contributed by atoms with van der Waals surface area (Å²) in [4.78, 5) is 23.9. The molecule has 1 saturated carbocycles. The van der Waals surface area contributed by atoms with Gasteiger partial charge in [-0.3, -0.25) is 0 Å². The van der Waals surface area contributed by atoms with Crippen molar-refractivity contribution in [3.63, 3.8) is 0 Å². The molecule has 3 amide bonds. The number of rotatable bonds is 4. The third kappa shape index (κ3) is 5.47. The van der Waals surface area contributed by atoms with Gasteiger partial charge in [-0.15, -0.1) is 0 Å². The molecule has 1 fully saturated rings. The molecule has 23 heavy (non-hydrogen) atoms. The van der Waals surface area contributed by atoms with Gasteiger partial charge in [-0.05, 0) is 52.2 Å². The van der Waals surface area contributed by atoms with Crippen molar-refractivity contribution < 1.29 is 14.3 Å². The highest BCUT2D eigenvalue weighted by Gasteiger charge is 2.39. The lowest BCUT2D eigenvalue weighted by Gasteiger charge is -2.42. The van der Waals surface area contributed by atoms with Crippen molar-refractivity contribution in [3.8, 4) is 0 Å². The van der Waals surface area contributed by atoms with E-state index in [1.165, 1.54) is 0 Å². The number of urea groups is 1. The maximum absolute atomic E-state index is 11.9.